The topological polar surface area (TPSA) is 51.2 Å². The van der Waals surface area contributed by atoms with Crippen molar-refractivity contribution in [2.75, 3.05) is 0 Å². The van der Waals surface area contributed by atoms with Crippen molar-refractivity contribution in [2.24, 2.45) is 11.8 Å². The lowest BCUT2D eigenvalue weighted by molar-refractivity contribution is 0.249. The van der Waals surface area contributed by atoms with Crippen LogP contribution in [0.3, 0.4) is 0 Å². The molecule has 0 saturated heterocycles. The fourth-order valence-corrected chi connectivity index (χ4v) is 3.58. The summed E-state index contributed by atoms with van der Waals surface area (Å²) in [4.78, 5) is 0. The molecule has 0 aliphatic heterocycles. The van der Waals surface area contributed by atoms with Crippen LogP contribution in [0.2, 0.25) is 0 Å². The average molecular weight is 323 g/mol. The molecule has 0 radical (unpaired) electrons. The number of para-hydroxylation sites is 1. The number of benzene rings is 1. The lowest BCUT2D eigenvalue weighted by Gasteiger charge is -2.28. The molecule has 0 bridgehead atoms. The molecule has 0 spiro atoms. The van der Waals surface area contributed by atoms with Crippen LogP contribution in [0, 0.1) is 5.92 Å². The summed E-state index contributed by atoms with van der Waals surface area (Å²) in [6.45, 7) is 0. The van der Waals surface area contributed by atoms with Gasteiger partial charge in [-0.15, -0.1) is 0 Å². The first kappa shape index (κ1) is 13.2. The van der Waals surface area contributed by atoms with E-state index in [9.17, 15) is 0 Å². The van der Waals surface area contributed by atoms with Crippen LogP contribution in [0.15, 0.2) is 33.2 Å². The van der Waals surface area contributed by atoms with Gasteiger partial charge in [-0.3, -0.25) is 5.84 Å². The van der Waals surface area contributed by atoms with Crippen molar-refractivity contribution in [1.82, 2.24) is 5.43 Å². The Morgan fingerprint density at radius 3 is 2.74 bits per heavy atom. The minimum atomic E-state index is 0.125. The number of hydrazine groups is 1. The van der Waals surface area contributed by atoms with Gasteiger partial charge in [-0.05, 0) is 46.8 Å². The van der Waals surface area contributed by atoms with Crippen LogP contribution in [0.4, 0.5) is 0 Å². The van der Waals surface area contributed by atoms with Gasteiger partial charge in [-0.25, -0.2) is 5.43 Å². The summed E-state index contributed by atoms with van der Waals surface area (Å²) in [6.07, 6.45) is 6.40. The minimum absolute atomic E-state index is 0.125. The van der Waals surface area contributed by atoms with Gasteiger partial charge in [-0.1, -0.05) is 31.4 Å². The zero-order chi connectivity index (χ0) is 13.2. The molecule has 1 atom stereocenters. The van der Waals surface area contributed by atoms with Gasteiger partial charge in [0.2, 0.25) is 0 Å². The Labute approximate surface area is 121 Å². The van der Waals surface area contributed by atoms with Crippen LogP contribution < -0.4 is 11.3 Å². The van der Waals surface area contributed by atoms with E-state index in [0.29, 0.717) is 5.92 Å². The van der Waals surface area contributed by atoms with Gasteiger partial charge in [0.1, 0.15) is 11.3 Å². The molecule has 3 N–H and O–H groups in total. The third kappa shape index (κ3) is 2.57. The summed E-state index contributed by atoms with van der Waals surface area (Å²) in [5.41, 5.74) is 3.87. The molecule has 1 aromatic heterocycles. The Morgan fingerprint density at radius 2 is 2.05 bits per heavy atom. The standard InChI is InChI=1S/C15H19BrN2O/c16-12-8-4-7-11-9-13(19-15(11)12)14(18-17)10-5-2-1-3-6-10/h4,7-10,14,18H,1-3,5-6,17H2. The predicted octanol–water partition coefficient (Wildman–Crippen LogP) is 4.28. The van der Waals surface area contributed by atoms with Crippen LogP contribution in [-0.4, -0.2) is 0 Å². The van der Waals surface area contributed by atoms with Crippen LogP contribution in [0.5, 0.6) is 0 Å². The van der Waals surface area contributed by atoms with Crippen LogP contribution in [-0.2, 0) is 0 Å². The second-order valence-corrected chi connectivity index (χ2v) is 6.20. The summed E-state index contributed by atoms with van der Waals surface area (Å²) in [6, 6.07) is 8.33. The van der Waals surface area contributed by atoms with Crippen LogP contribution in [0.25, 0.3) is 11.0 Å². The van der Waals surface area contributed by atoms with Crippen LogP contribution >= 0.6 is 15.9 Å². The molecule has 102 valence electrons. The van der Waals surface area contributed by atoms with Gasteiger partial charge in [0, 0.05) is 5.39 Å². The lowest BCUT2D eigenvalue weighted by Crippen LogP contribution is -2.34. The number of fused-ring (bicyclic) bond motifs is 1. The summed E-state index contributed by atoms with van der Waals surface area (Å²) >= 11 is 3.53. The summed E-state index contributed by atoms with van der Waals surface area (Å²) in [5, 5.41) is 1.13. The molecule has 1 unspecified atom stereocenters. The maximum atomic E-state index is 6.02. The highest BCUT2D eigenvalue weighted by molar-refractivity contribution is 9.10. The Hall–Kier alpha value is -0.840. The lowest BCUT2D eigenvalue weighted by atomic mass is 9.83. The number of hydrogen-bond donors (Lipinski definition) is 2. The van der Waals surface area contributed by atoms with Gasteiger partial charge in [0.05, 0.1) is 10.5 Å². The van der Waals surface area contributed by atoms with E-state index in [-0.39, 0.29) is 6.04 Å². The quantitative estimate of drug-likeness (QED) is 0.655. The summed E-state index contributed by atoms with van der Waals surface area (Å²) < 4.78 is 7.01. The Bertz CT molecular complexity index is 560. The highest BCUT2D eigenvalue weighted by atomic mass is 79.9. The molecular formula is C15H19BrN2O. The SMILES string of the molecule is NNC(c1cc2cccc(Br)c2o1)C1CCCCC1. The fraction of sp³-hybridized carbons (Fsp3) is 0.467. The predicted molar refractivity (Wildman–Crippen MR) is 80.6 cm³/mol. The molecule has 3 rings (SSSR count). The highest BCUT2D eigenvalue weighted by Gasteiger charge is 2.27. The molecule has 1 aliphatic carbocycles. The van der Waals surface area contributed by atoms with E-state index >= 15 is 0 Å². The summed E-state index contributed by atoms with van der Waals surface area (Å²) in [5.74, 6) is 7.31. The molecule has 1 fully saturated rings. The smallest absolute Gasteiger partial charge is 0.148 e. The van der Waals surface area contributed by atoms with E-state index < -0.39 is 0 Å². The zero-order valence-electron chi connectivity index (χ0n) is 10.9. The van der Waals surface area contributed by atoms with E-state index in [0.717, 1.165) is 21.2 Å². The molecular weight excluding hydrogens is 304 g/mol. The minimum Gasteiger partial charge on any atom is -0.458 e. The van der Waals surface area contributed by atoms with Gasteiger partial charge >= 0.3 is 0 Å². The van der Waals surface area contributed by atoms with Crippen molar-refractivity contribution < 1.29 is 4.42 Å². The third-order valence-corrected chi connectivity index (χ3v) is 4.75. The average Bonchev–Trinajstić information content (AvgIpc) is 2.86. The highest BCUT2D eigenvalue weighted by Crippen LogP contribution is 2.37. The first-order chi connectivity index (χ1) is 9.29. The zero-order valence-corrected chi connectivity index (χ0v) is 12.4. The summed E-state index contributed by atoms with van der Waals surface area (Å²) in [7, 11) is 0. The van der Waals surface area contributed by atoms with Crippen LogP contribution in [0.1, 0.15) is 43.9 Å². The Balaban J connectivity index is 1.94. The number of rotatable bonds is 3. The normalized spacial score (nSPS) is 18.8. The first-order valence-electron chi connectivity index (χ1n) is 6.93. The first-order valence-corrected chi connectivity index (χ1v) is 7.73. The number of halogens is 1. The molecule has 4 heteroatoms. The van der Waals surface area contributed by atoms with Gasteiger partial charge in [0.15, 0.2) is 0 Å². The molecule has 0 amide bonds. The van der Waals surface area contributed by atoms with E-state index in [1.165, 1.54) is 32.1 Å². The molecule has 19 heavy (non-hydrogen) atoms. The van der Waals surface area contributed by atoms with Gasteiger partial charge < -0.3 is 4.42 Å². The van der Waals surface area contributed by atoms with Crippen molar-refractivity contribution >= 4 is 26.9 Å². The second-order valence-electron chi connectivity index (χ2n) is 5.35. The van der Waals surface area contributed by atoms with Gasteiger partial charge in [0.25, 0.3) is 0 Å². The number of hydrogen-bond acceptors (Lipinski definition) is 3. The van der Waals surface area contributed by atoms with E-state index in [4.69, 9.17) is 10.3 Å². The van der Waals surface area contributed by atoms with E-state index in [1.54, 1.807) is 0 Å². The largest absolute Gasteiger partial charge is 0.458 e. The van der Waals surface area contributed by atoms with Crippen molar-refractivity contribution in [2.45, 2.75) is 38.1 Å². The number of nitrogens with two attached hydrogens (primary N) is 1. The third-order valence-electron chi connectivity index (χ3n) is 4.12. The maximum Gasteiger partial charge on any atom is 0.148 e. The van der Waals surface area contributed by atoms with Crippen molar-refractivity contribution in [1.29, 1.82) is 0 Å². The molecule has 1 saturated carbocycles. The van der Waals surface area contributed by atoms with Crippen molar-refractivity contribution in [3.8, 4) is 0 Å². The molecule has 2 aromatic rings. The van der Waals surface area contributed by atoms with Crippen molar-refractivity contribution in [3.05, 3.63) is 34.5 Å². The second kappa shape index (κ2) is 5.65. The monoisotopic (exact) mass is 322 g/mol. The Morgan fingerprint density at radius 1 is 1.26 bits per heavy atom. The fourth-order valence-electron chi connectivity index (χ4n) is 3.12. The maximum absolute atomic E-state index is 6.02. The number of furan rings is 1. The van der Waals surface area contributed by atoms with E-state index in [1.807, 2.05) is 12.1 Å². The molecule has 1 heterocycles. The Kier molecular flexibility index (Phi) is 3.91. The number of nitrogens with one attached hydrogen (secondary N) is 1. The molecule has 1 aromatic carbocycles. The molecule has 1 aliphatic rings. The van der Waals surface area contributed by atoms with E-state index in [2.05, 4.69) is 33.5 Å². The van der Waals surface area contributed by atoms with Crippen molar-refractivity contribution in [3.63, 3.8) is 0 Å². The molecule has 3 nitrogen and oxygen atoms in total. The van der Waals surface area contributed by atoms with Gasteiger partial charge in [-0.2, -0.15) is 0 Å².